The number of carbonyl (C=O) groups is 1. The van der Waals surface area contributed by atoms with Gasteiger partial charge in [0.05, 0.1) is 5.92 Å². The standard InChI is InChI=1S/C13H24N2O.ClH/c1-3-10(4-2)15-13(16)11-8-5-6-9(7-8)12(11)14;/h8-12H,3-7,14H2,1-2H3,(H,15,16);1H. The average Bonchev–Trinajstić information content (AvgIpc) is 2.85. The van der Waals surface area contributed by atoms with Gasteiger partial charge < -0.3 is 11.1 Å². The van der Waals surface area contributed by atoms with Crippen molar-refractivity contribution < 1.29 is 4.79 Å². The van der Waals surface area contributed by atoms with Crippen LogP contribution in [-0.2, 0) is 4.79 Å². The zero-order valence-corrected chi connectivity index (χ0v) is 11.6. The molecule has 2 fully saturated rings. The van der Waals surface area contributed by atoms with E-state index in [4.69, 9.17) is 5.73 Å². The molecule has 4 heteroatoms. The van der Waals surface area contributed by atoms with Crippen LogP contribution in [0, 0.1) is 17.8 Å². The fourth-order valence-electron chi connectivity index (χ4n) is 3.52. The number of nitrogens with two attached hydrogens (primary N) is 1. The van der Waals surface area contributed by atoms with E-state index in [9.17, 15) is 4.79 Å². The van der Waals surface area contributed by atoms with Crippen molar-refractivity contribution in [2.45, 2.75) is 58.0 Å². The van der Waals surface area contributed by atoms with Gasteiger partial charge in [-0.1, -0.05) is 13.8 Å². The number of nitrogens with one attached hydrogen (secondary N) is 1. The van der Waals surface area contributed by atoms with Crippen LogP contribution in [-0.4, -0.2) is 18.0 Å². The first-order chi connectivity index (χ1) is 7.67. The molecular formula is C13H25ClN2O. The van der Waals surface area contributed by atoms with Gasteiger partial charge in [0.25, 0.3) is 0 Å². The van der Waals surface area contributed by atoms with Crippen LogP contribution >= 0.6 is 12.4 Å². The zero-order chi connectivity index (χ0) is 11.7. The molecule has 1 amide bonds. The number of hydrogen-bond donors (Lipinski definition) is 2. The lowest BCUT2D eigenvalue weighted by atomic mass is 9.84. The van der Waals surface area contributed by atoms with Gasteiger partial charge in [-0.3, -0.25) is 4.79 Å². The molecule has 17 heavy (non-hydrogen) atoms. The van der Waals surface area contributed by atoms with Crippen molar-refractivity contribution in [1.82, 2.24) is 5.32 Å². The minimum atomic E-state index is 0. The van der Waals surface area contributed by atoms with Crippen molar-refractivity contribution in [1.29, 1.82) is 0 Å². The third kappa shape index (κ3) is 2.76. The van der Waals surface area contributed by atoms with Crippen LogP contribution in [0.25, 0.3) is 0 Å². The van der Waals surface area contributed by atoms with Gasteiger partial charge >= 0.3 is 0 Å². The van der Waals surface area contributed by atoms with Crippen LogP contribution in [0.4, 0.5) is 0 Å². The Labute approximate surface area is 110 Å². The van der Waals surface area contributed by atoms with E-state index in [1.54, 1.807) is 0 Å². The van der Waals surface area contributed by atoms with Crippen molar-refractivity contribution in [3.63, 3.8) is 0 Å². The van der Waals surface area contributed by atoms with E-state index in [2.05, 4.69) is 19.2 Å². The summed E-state index contributed by atoms with van der Waals surface area (Å²) in [5.74, 6) is 1.49. The highest BCUT2D eigenvalue weighted by molar-refractivity contribution is 5.85. The van der Waals surface area contributed by atoms with Gasteiger partial charge in [0.15, 0.2) is 0 Å². The summed E-state index contributed by atoms with van der Waals surface area (Å²) >= 11 is 0. The molecule has 0 spiro atoms. The summed E-state index contributed by atoms with van der Waals surface area (Å²) in [6, 6.07) is 0.451. The summed E-state index contributed by atoms with van der Waals surface area (Å²) in [7, 11) is 0. The number of hydrogen-bond acceptors (Lipinski definition) is 2. The third-order valence-electron chi connectivity index (χ3n) is 4.62. The second kappa shape index (κ2) is 6.05. The molecule has 2 saturated carbocycles. The van der Waals surface area contributed by atoms with Crippen molar-refractivity contribution in [3.8, 4) is 0 Å². The molecule has 0 aromatic carbocycles. The van der Waals surface area contributed by atoms with E-state index >= 15 is 0 Å². The van der Waals surface area contributed by atoms with E-state index in [1.165, 1.54) is 19.3 Å². The summed E-state index contributed by atoms with van der Waals surface area (Å²) in [6.07, 6.45) is 5.65. The van der Waals surface area contributed by atoms with Crippen LogP contribution in [0.3, 0.4) is 0 Å². The molecule has 100 valence electrons. The minimum Gasteiger partial charge on any atom is -0.353 e. The van der Waals surface area contributed by atoms with E-state index in [0.717, 1.165) is 12.8 Å². The Kier molecular flexibility index (Phi) is 5.26. The maximum absolute atomic E-state index is 12.2. The van der Waals surface area contributed by atoms with Gasteiger partial charge in [0, 0.05) is 12.1 Å². The quantitative estimate of drug-likeness (QED) is 0.813. The average molecular weight is 261 g/mol. The first kappa shape index (κ1) is 14.8. The fourth-order valence-corrected chi connectivity index (χ4v) is 3.52. The largest absolute Gasteiger partial charge is 0.353 e. The lowest BCUT2D eigenvalue weighted by Crippen LogP contribution is -2.47. The number of rotatable bonds is 4. The van der Waals surface area contributed by atoms with E-state index < -0.39 is 0 Å². The zero-order valence-electron chi connectivity index (χ0n) is 10.8. The Bertz CT molecular complexity index is 266. The Morgan fingerprint density at radius 2 is 1.88 bits per heavy atom. The molecule has 0 aromatic rings. The van der Waals surface area contributed by atoms with Crippen molar-refractivity contribution in [2.75, 3.05) is 0 Å². The Balaban J connectivity index is 0.00000144. The molecule has 0 saturated heterocycles. The predicted molar refractivity (Wildman–Crippen MR) is 72.1 cm³/mol. The molecule has 4 unspecified atom stereocenters. The molecule has 0 aliphatic heterocycles. The molecule has 2 aliphatic rings. The molecule has 0 radical (unpaired) electrons. The van der Waals surface area contributed by atoms with Gasteiger partial charge in [0.2, 0.25) is 5.91 Å². The Morgan fingerprint density at radius 1 is 1.29 bits per heavy atom. The summed E-state index contributed by atoms with van der Waals surface area (Å²) in [6.45, 7) is 4.24. The highest BCUT2D eigenvalue weighted by atomic mass is 35.5. The lowest BCUT2D eigenvalue weighted by molar-refractivity contribution is -0.127. The normalized spacial score (nSPS) is 34.8. The fraction of sp³-hybridized carbons (Fsp3) is 0.923. The topological polar surface area (TPSA) is 55.1 Å². The van der Waals surface area contributed by atoms with Gasteiger partial charge in [-0.15, -0.1) is 12.4 Å². The molecule has 0 aromatic heterocycles. The van der Waals surface area contributed by atoms with E-state index in [-0.39, 0.29) is 30.3 Å². The first-order valence-corrected chi connectivity index (χ1v) is 6.73. The maximum atomic E-state index is 12.2. The molecule has 2 rings (SSSR count). The van der Waals surface area contributed by atoms with Crippen molar-refractivity contribution in [2.24, 2.45) is 23.5 Å². The summed E-state index contributed by atoms with van der Waals surface area (Å²) < 4.78 is 0. The monoisotopic (exact) mass is 260 g/mol. The number of carbonyl (C=O) groups excluding carboxylic acids is 1. The molecule has 3 N–H and O–H groups in total. The first-order valence-electron chi connectivity index (χ1n) is 6.73. The highest BCUT2D eigenvalue weighted by Gasteiger charge is 2.49. The SMILES string of the molecule is CCC(CC)NC(=O)C1C2CCC(C2)C1N.Cl. The second-order valence-corrected chi connectivity index (χ2v) is 5.46. The number of halogens is 1. The lowest BCUT2D eigenvalue weighted by Gasteiger charge is -2.28. The van der Waals surface area contributed by atoms with E-state index in [0.29, 0.717) is 17.9 Å². The predicted octanol–water partition coefficient (Wildman–Crippen LogP) is 2.09. The second-order valence-electron chi connectivity index (χ2n) is 5.46. The number of amides is 1. The van der Waals surface area contributed by atoms with E-state index in [1.807, 2.05) is 0 Å². The van der Waals surface area contributed by atoms with Crippen LogP contribution in [0.2, 0.25) is 0 Å². The molecule has 2 bridgehead atoms. The number of fused-ring (bicyclic) bond motifs is 2. The van der Waals surface area contributed by atoms with Crippen LogP contribution in [0.5, 0.6) is 0 Å². The van der Waals surface area contributed by atoms with Gasteiger partial charge in [-0.05, 0) is 43.9 Å². The molecule has 0 heterocycles. The van der Waals surface area contributed by atoms with Crippen LogP contribution in [0.1, 0.15) is 46.0 Å². The van der Waals surface area contributed by atoms with Crippen LogP contribution in [0.15, 0.2) is 0 Å². The third-order valence-corrected chi connectivity index (χ3v) is 4.62. The maximum Gasteiger partial charge on any atom is 0.225 e. The highest BCUT2D eigenvalue weighted by Crippen LogP contribution is 2.47. The molecule has 2 aliphatic carbocycles. The van der Waals surface area contributed by atoms with Gasteiger partial charge in [-0.2, -0.15) is 0 Å². The molecule has 4 atom stereocenters. The summed E-state index contributed by atoms with van der Waals surface area (Å²) in [4.78, 5) is 12.2. The Morgan fingerprint density at radius 3 is 2.35 bits per heavy atom. The smallest absolute Gasteiger partial charge is 0.225 e. The Hall–Kier alpha value is -0.280. The van der Waals surface area contributed by atoms with Crippen LogP contribution < -0.4 is 11.1 Å². The minimum absolute atomic E-state index is 0. The summed E-state index contributed by atoms with van der Waals surface area (Å²) in [5.41, 5.74) is 6.16. The van der Waals surface area contributed by atoms with Crippen molar-refractivity contribution >= 4 is 18.3 Å². The molecular weight excluding hydrogens is 236 g/mol. The molecule has 3 nitrogen and oxygen atoms in total. The summed E-state index contributed by atoms with van der Waals surface area (Å²) in [5, 5.41) is 3.15. The van der Waals surface area contributed by atoms with Gasteiger partial charge in [-0.25, -0.2) is 0 Å². The van der Waals surface area contributed by atoms with Crippen molar-refractivity contribution in [3.05, 3.63) is 0 Å². The van der Waals surface area contributed by atoms with Gasteiger partial charge in [0.1, 0.15) is 0 Å².